The minimum absolute atomic E-state index is 0.0188. The minimum Gasteiger partial charge on any atom is -0.325 e. The number of fused-ring (bicyclic) bond motifs is 1. The molecule has 0 spiro atoms. The van der Waals surface area contributed by atoms with E-state index in [4.69, 9.17) is 5.84 Å². The van der Waals surface area contributed by atoms with Crippen molar-refractivity contribution in [2.75, 3.05) is 5.32 Å². The van der Waals surface area contributed by atoms with Gasteiger partial charge >= 0.3 is 0 Å². The largest absolute Gasteiger partial charge is 0.325 e. The first-order chi connectivity index (χ1) is 8.88. The zero-order chi connectivity index (χ0) is 12.4. The number of nitrogens with zero attached hydrogens (tertiary/aromatic N) is 1. The number of rotatable bonds is 1. The molecule has 3 rings (SSSR count). The van der Waals surface area contributed by atoms with E-state index in [0.29, 0.717) is 5.96 Å². The lowest BCUT2D eigenvalue weighted by atomic mass is 9.97. The molecule has 0 aliphatic carbocycles. The van der Waals surface area contributed by atoms with Gasteiger partial charge in [0.15, 0.2) is 0 Å². The van der Waals surface area contributed by atoms with Gasteiger partial charge in [-0.15, -0.1) is 0 Å². The molecule has 0 amide bonds. The fourth-order valence-electron chi connectivity index (χ4n) is 2.17. The number of aliphatic imine (C=N–C) groups is 1. The predicted molar refractivity (Wildman–Crippen MR) is 73.1 cm³/mol. The van der Waals surface area contributed by atoms with Crippen molar-refractivity contribution >= 4 is 11.6 Å². The lowest BCUT2D eigenvalue weighted by Gasteiger charge is -2.24. The molecular formula is C14H14N4. The van der Waals surface area contributed by atoms with E-state index in [1.165, 1.54) is 0 Å². The van der Waals surface area contributed by atoms with Crippen LogP contribution in [0.2, 0.25) is 0 Å². The number of anilines is 1. The SMILES string of the molecule is NNC1=NC(c2ccccc2)c2ccccc2N1. The second-order valence-corrected chi connectivity index (χ2v) is 4.15. The highest BCUT2D eigenvalue weighted by molar-refractivity contribution is 5.96. The first-order valence-electron chi connectivity index (χ1n) is 5.84. The fourth-order valence-corrected chi connectivity index (χ4v) is 2.17. The Morgan fingerprint density at radius 3 is 2.50 bits per heavy atom. The van der Waals surface area contributed by atoms with E-state index in [2.05, 4.69) is 33.9 Å². The summed E-state index contributed by atoms with van der Waals surface area (Å²) in [7, 11) is 0. The van der Waals surface area contributed by atoms with Gasteiger partial charge in [0.25, 0.3) is 0 Å². The molecule has 1 heterocycles. The Bertz CT molecular complexity index is 577. The van der Waals surface area contributed by atoms with Crippen molar-refractivity contribution in [2.45, 2.75) is 6.04 Å². The summed E-state index contributed by atoms with van der Waals surface area (Å²) in [6.07, 6.45) is 0. The summed E-state index contributed by atoms with van der Waals surface area (Å²) in [6, 6.07) is 18.3. The molecule has 1 aliphatic heterocycles. The van der Waals surface area contributed by atoms with E-state index >= 15 is 0 Å². The van der Waals surface area contributed by atoms with Crippen LogP contribution in [0, 0.1) is 0 Å². The van der Waals surface area contributed by atoms with Crippen LogP contribution in [0.15, 0.2) is 59.6 Å². The van der Waals surface area contributed by atoms with Crippen molar-refractivity contribution in [1.82, 2.24) is 5.43 Å². The summed E-state index contributed by atoms with van der Waals surface area (Å²) in [4.78, 5) is 4.58. The summed E-state index contributed by atoms with van der Waals surface area (Å²) >= 11 is 0. The van der Waals surface area contributed by atoms with Crippen molar-refractivity contribution in [3.63, 3.8) is 0 Å². The topological polar surface area (TPSA) is 62.4 Å². The molecule has 0 bridgehead atoms. The van der Waals surface area contributed by atoms with Crippen LogP contribution >= 0.6 is 0 Å². The van der Waals surface area contributed by atoms with Gasteiger partial charge in [0.05, 0.1) is 0 Å². The third-order valence-electron chi connectivity index (χ3n) is 3.02. The highest BCUT2D eigenvalue weighted by atomic mass is 15.3. The van der Waals surface area contributed by atoms with E-state index in [1.807, 2.05) is 36.4 Å². The van der Waals surface area contributed by atoms with Crippen molar-refractivity contribution < 1.29 is 0 Å². The molecule has 0 fully saturated rings. The second-order valence-electron chi connectivity index (χ2n) is 4.15. The molecule has 0 radical (unpaired) electrons. The van der Waals surface area contributed by atoms with Gasteiger partial charge in [-0.2, -0.15) is 0 Å². The highest BCUT2D eigenvalue weighted by Crippen LogP contribution is 2.34. The molecule has 18 heavy (non-hydrogen) atoms. The van der Waals surface area contributed by atoms with Gasteiger partial charge in [0, 0.05) is 11.3 Å². The zero-order valence-electron chi connectivity index (χ0n) is 9.80. The monoisotopic (exact) mass is 238 g/mol. The van der Waals surface area contributed by atoms with Crippen molar-refractivity contribution in [3.05, 3.63) is 65.7 Å². The maximum atomic E-state index is 5.46. The molecule has 0 aromatic heterocycles. The van der Waals surface area contributed by atoms with Crippen LogP contribution in [0.3, 0.4) is 0 Å². The molecule has 4 heteroatoms. The number of nitrogens with two attached hydrogens (primary N) is 1. The summed E-state index contributed by atoms with van der Waals surface area (Å²) in [6.45, 7) is 0. The standard InChI is InChI=1S/C14H14N4/c15-18-14-16-12-9-5-4-8-11(12)13(17-14)10-6-2-1-3-7-10/h1-9,13H,15H2,(H2,16,17,18). The lowest BCUT2D eigenvalue weighted by molar-refractivity contribution is 0.837. The van der Waals surface area contributed by atoms with Gasteiger partial charge in [-0.1, -0.05) is 48.5 Å². The second kappa shape index (κ2) is 4.50. The lowest BCUT2D eigenvalue weighted by Crippen LogP contribution is -2.38. The number of hydrazine groups is 1. The van der Waals surface area contributed by atoms with Gasteiger partial charge in [-0.3, -0.25) is 5.43 Å². The number of nitrogens with one attached hydrogen (secondary N) is 2. The van der Waals surface area contributed by atoms with E-state index < -0.39 is 0 Å². The van der Waals surface area contributed by atoms with Gasteiger partial charge < -0.3 is 5.32 Å². The summed E-state index contributed by atoms with van der Waals surface area (Å²) in [5, 5.41) is 3.16. The molecule has 0 saturated carbocycles. The summed E-state index contributed by atoms with van der Waals surface area (Å²) in [5.41, 5.74) is 5.93. The molecule has 1 atom stereocenters. The third-order valence-corrected chi connectivity index (χ3v) is 3.02. The van der Waals surface area contributed by atoms with Crippen LogP contribution in [-0.4, -0.2) is 5.96 Å². The third kappa shape index (κ3) is 1.83. The van der Waals surface area contributed by atoms with Crippen molar-refractivity contribution in [1.29, 1.82) is 0 Å². The van der Waals surface area contributed by atoms with Crippen LogP contribution in [0.5, 0.6) is 0 Å². The predicted octanol–water partition coefficient (Wildman–Crippen LogP) is 2.02. The van der Waals surface area contributed by atoms with Gasteiger partial charge in [-0.25, -0.2) is 10.8 Å². The Morgan fingerprint density at radius 2 is 1.72 bits per heavy atom. The van der Waals surface area contributed by atoms with Crippen molar-refractivity contribution in [2.24, 2.45) is 10.8 Å². The van der Waals surface area contributed by atoms with Crippen LogP contribution in [0.25, 0.3) is 0 Å². The summed E-state index contributed by atoms with van der Waals surface area (Å²) < 4.78 is 0. The summed E-state index contributed by atoms with van der Waals surface area (Å²) in [5.74, 6) is 6.04. The Balaban J connectivity index is 2.11. The van der Waals surface area contributed by atoms with E-state index in [1.54, 1.807) is 0 Å². The maximum absolute atomic E-state index is 5.46. The van der Waals surface area contributed by atoms with Crippen LogP contribution < -0.4 is 16.6 Å². The van der Waals surface area contributed by atoms with Gasteiger partial charge in [-0.05, 0) is 11.6 Å². The molecule has 2 aromatic rings. The van der Waals surface area contributed by atoms with Crippen LogP contribution in [0.1, 0.15) is 17.2 Å². The maximum Gasteiger partial charge on any atom is 0.211 e. The molecule has 1 unspecified atom stereocenters. The Kier molecular flexibility index (Phi) is 2.70. The van der Waals surface area contributed by atoms with E-state index in [-0.39, 0.29) is 6.04 Å². The molecule has 2 aromatic carbocycles. The Hall–Kier alpha value is -2.33. The van der Waals surface area contributed by atoms with E-state index in [0.717, 1.165) is 16.8 Å². The fraction of sp³-hybridized carbons (Fsp3) is 0.0714. The Labute approximate surface area is 106 Å². The average molecular weight is 238 g/mol. The first kappa shape index (κ1) is 10.8. The zero-order valence-corrected chi connectivity index (χ0v) is 9.80. The molecule has 0 saturated heterocycles. The number of hydrogen-bond donors (Lipinski definition) is 3. The average Bonchev–Trinajstić information content (AvgIpc) is 2.47. The quantitative estimate of drug-likeness (QED) is 0.526. The normalized spacial score (nSPS) is 17.4. The minimum atomic E-state index is -0.0188. The highest BCUT2D eigenvalue weighted by Gasteiger charge is 2.21. The van der Waals surface area contributed by atoms with Gasteiger partial charge in [0.2, 0.25) is 5.96 Å². The molecule has 1 aliphatic rings. The Morgan fingerprint density at radius 1 is 1.00 bits per heavy atom. The van der Waals surface area contributed by atoms with Crippen LogP contribution in [-0.2, 0) is 0 Å². The number of guanidine groups is 1. The molecule has 4 N–H and O–H groups in total. The molecule has 4 nitrogen and oxygen atoms in total. The smallest absolute Gasteiger partial charge is 0.211 e. The van der Waals surface area contributed by atoms with E-state index in [9.17, 15) is 0 Å². The van der Waals surface area contributed by atoms with Gasteiger partial charge in [0.1, 0.15) is 6.04 Å². The first-order valence-corrected chi connectivity index (χ1v) is 5.84. The number of para-hydroxylation sites is 1. The number of hydrogen-bond acceptors (Lipinski definition) is 4. The molecular weight excluding hydrogens is 224 g/mol. The van der Waals surface area contributed by atoms with Crippen LogP contribution in [0.4, 0.5) is 5.69 Å². The van der Waals surface area contributed by atoms with Crippen molar-refractivity contribution in [3.8, 4) is 0 Å². The number of benzene rings is 2. The molecule has 90 valence electrons.